The Morgan fingerprint density at radius 2 is 1.06 bits per heavy atom. The topological polar surface area (TPSA) is 17.1 Å². The van der Waals surface area contributed by atoms with E-state index in [1.807, 2.05) is 0 Å². The molecule has 0 spiro atoms. The van der Waals surface area contributed by atoms with Gasteiger partial charge in [-0.15, -0.1) is 0 Å². The first kappa shape index (κ1) is 17.4. The molecule has 0 aromatic heterocycles. The average molecular weight is 252 g/mol. The van der Waals surface area contributed by atoms with Crippen LogP contribution in [0.15, 0.2) is 12.2 Å². The Balaban J connectivity index is 3.02. The quantitative estimate of drug-likeness (QED) is 0.216. The summed E-state index contributed by atoms with van der Waals surface area (Å²) in [4.78, 5) is 10.1. The molecule has 0 aliphatic heterocycles. The third-order valence-corrected chi connectivity index (χ3v) is 3.33. The molecule has 0 aromatic carbocycles. The van der Waals surface area contributed by atoms with E-state index in [9.17, 15) is 4.79 Å². The van der Waals surface area contributed by atoms with Gasteiger partial charge in [-0.25, -0.2) is 0 Å². The molecule has 1 heteroatoms. The second-order valence-corrected chi connectivity index (χ2v) is 5.19. The summed E-state index contributed by atoms with van der Waals surface area (Å²) in [5.74, 6) is 0. The zero-order valence-electron chi connectivity index (χ0n) is 12.3. The van der Waals surface area contributed by atoms with E-state index in [0.717, 1.165) is 19.1 Å². The molecule has 1 nitrogen and oxygen atoms in total. The number of allylic oxidation sites excluding steroid dienone is 2. The lowest BCUT2D eigenvalue weighted by Crippen LogP contribution is -1.79. The molecule has 0 fully saturated rings. The van der Waals surface area contributed by atoms with Crippen LogP contribution in [-0.4, -0.2) is 6.29 Å². The lowest BCUT2D eigenvalue weighted by atomic mass is 10.1. The highest BCUT2D eigenvalue weighted by atomic mass is 16.1. The van der Waals surface area contributed by atoms with E-state index in [2.05, 4.69) is 19.1 Å². The van der Waals surface area contributed by atoms with Gasteiger partial charge in [0.15, 0.2) is 0 Å². The number of unbranched alkanes of at least 4 members (excludes halogenated alkanes) is 11. The van der Waals surface area contributed by atoms with Crippen molar-refractivity contribution < 1.29 is 4.79 Å². The first-order valence-corrected chi connectivity index (χ1v) is 8.00. The largest absolute Gasteiger partial charge is 0.303 e. The van der Waals surface area contributed by atoms with Gasteiger partial charge >= 0.3 is 0 Å². The van der Waals surface area contributed by atoms with Gasteiger partial charge in [-0.1, -0.05) is 64.0 Å². The Kier molecular flexibility index (Phi) is 15.9. The molecule has 0 aliphatic rings. The fourth-order valence-electron chi connectivity index (χ4n) is 2.12. The van der Waals surface area contributed by atoms with Crippen molar-refractivity contribution in [2.45, 2.75) is 90.4 Å². The maximum Gasteiger partial charge on any atom is 0.119 e. The summed E-state index contributed by atoms with van der Waals surface area (Å²) >= 11 is 0. The highest BCUT2D eigenvalue weighted by Crippen LogP contribution is 2.08. The average Bonchev–Trinajstić information content (AvgIpc) is 2.39. The van der Waals surface area contributed by atoms with E-state index < -0.39 is 0 Å². The van der Waals surface area contributed by atoms with Gasteiger partial charge in [-0.05, 0) is 32.1 Å². The maximum absolute atomic E-state index is 10.1. The molecular weight excluding hydrogens is 220 g/mol. The standard InChI is InChI=1S/C17H32O/c1-2-3-4-5-6-7-8-9-10-11-12-13-14-15-16-17-18/h9-10,17H,2-8,11-16H2,1H3/b10-9-. The van der Waals surface area contributed by atoms with Crippen LogP contribution in [0, 0.1) is 0 Å². The van der Waals surface area contributed by atoms with Gasteiger partial charge in [0.2, 0.25) is 0 Å². The van der Waals surface area contributed by atoms with E-state index >= 15 is 0 Å². The van der Waals surface area contributed by atoms with Crippen LogP contribution in [0.4, 0.5) is 0 Å². The van der Waals surface area contributed by atoms with Crippen molar-refractivity contribution in [2.75, 3.05) is 0 Å². The summed E-state index contributed by atoms with van der Waals surface area (Å²) in [6.45, 7) is 2.27. The normalized spacial score (nSPS) is 11.2. The van der Waals surface area contributed by atoms with E-state index in [1.165, 1.54) is 70.6 Å². The first-order chi connectivity index (χ1) is 8.91. The molecule has 106 valence electrons. The van der Waals surface area contributed by atoms with Crippen LogP contribution in [0.25, 0.3) is 0 Å². The van der Waals surface area contributed by atoms with Gasteiger partial charge < -0.3 is 4.79 Å². The minimum Gasteiger partial charge on any atom is -0.303 e. The maximum atomic E-state index is 10.1. The summed E-state index contributed by atoms with van der Waals surface area (Å²) in [5, 5.41) is 0. The minimum absolute atomic E-state index is 0.744. The molecule has 0 aliphatic carbocycles. The fourth-order valence-corrected chi connectivity index (χ4v) is 2.12. The van der Waals surface area contributed by atoms with Gasteiger partial charge in [0.25, 0.3) is 0 Å². The van der Waals surface area contributed by atoms with E-state index in [4.69, 9.17) is 0 Å². The van der Waals surface area contributed by atoms with Gasteiger partial charge in [0, 0.05) is 6.42 Å². The van der Waals surface area contributed by atoms with Crippen LogP contribution >= 0.6 is 0 Å². The fraction of sp³-hybridized carbons (Fsp3) is 0.824. The van der Waals surface area contributed by atoms with Crippen molar-refractivity contribution in [2.24, 2.45) is 0 Å². The van der Waals surface area contributed by atoms with Gasteiger partial charge in [-0.2, -0.15) is 0 Å². The monoisotopic (exact) mass is 252 g/mol. The van der Waals surface area contributed by atoms with E-state index in [-0.39, 0.29) is 0 Å². The Bertz CT molecular complexity index is 184. The zero-order chi connectivity index (χ0) is 13.3. The van der Waals surface area contributed by atoms with Crippen LogP contribution in [0.1, 0.15) is 90.4 Å². The Morgan fingerprint density at radius 3 is 1.56 bits per heavy atom. The van der Waals surface area contributed by atoms with Crippen molar-refractivity contribution in [1.82, 2.24) is 0 Å². The molecule has 0 heterocycles. The second kappa shape index (κ2) is 16.4. The Labute approximate surface area is 114 Å². The molecular formula is C17H32O. The second-order valence-electron chi connectivity index (χ2n) is 5.19. The lowest BCUT2D eigenvalue weighted by Gasteiger charge is -1.98. The minimum atomic E-state index is 0.744. The van der Waals surface area contributed by atoms with Crippen molar-refractivity contribution in [3.8, 4) is 0 Å². The zero-order valence-corrected chi connectivity index (χ0v) is 12.3. The van der Waals surface area contributed by atoms with Crippen molar-refractivity contribution in [3.05, 3.63) is 12.2 Å². The molecule has 0 unspecified atom stereocenters. The highest BCUT2D eigenvalue weighted by Gasteiger charge is 1.89. The van der Waals surface area contributed by atoms with Gasteiger partial charge in [0.05, 0.1) is 0 Å². The first-order valence-electron chi connectivity index (χ1n) is 8.00. The summed E-state index contributed by atoms with van der Waals surface area (Å²) in [7, 11) is 0. The lowest BCUT2D eigenvalue weighted by molar-refractivity contribution is -0.107. The molecule has 0 bridgehead atoms. The third-order valence-electron chi connectivity index (χ3n) is 3.33. The molecule has 0 amide bonds. The molecule has 0 aromatic rings. The van der Waals surface area contributed by atoms with Crippen molar-refractivity contribution >= 4 is 6.29 Å². The molecule has 0 saturated heterocycles. The van der Waals surface area contributed by atoms with Crippen LogP contribution < -0.4 is 0 Å². The molecule has 0 rings (SSSR count). The van der Waals surface area contributed by atoms with Crippen LogP contribution in [0.2, 0.25) is 0 Å². The van der Waals surface area contributed by atoms with Gasteiger partial charge in [0.1, 0.15) is 6.29 Å². The summed E-state index contributed by atoms with van der Waals surface area (Å²) in [5.41, 5.74) is 0. The number of hydrogen-bond acceptors (Lipinski definition) is 1. The molecule has 0 radical (unpaired) electrons. The predicted molar refractivity (Wildman–Crippen MR) is 80.9 cm³/mol. The van der Waals surface area contributed by atoms with E-state index in [1.54, 1.807) is 0 Å². The number of aldehydes is 1. The van der Waals surface area contributed by atoms with E-state index in [0.29, 0.717) is 0 Å². The number of carbonyl (C=O) groups is 1. The van der Waals surface area contributed by atoms with Crippen molar-refractivity contribution in [3.63, 3.8) is 0 Å². The smallest absolute Gasteiger partial charge is 0.119 e. The third kappa shape index (κ3) is 15.4. The molecule has 0 saturated carbocycles. The molecule has 0 N–H and O–H groups in total. The van der Waals surface area contributed by atoms with Crippen LogP contribution in [-0.2, 0) is 4.79 Å². The molecule has 18 heavy (non-hydrogen) atoms. The Morgan fingerprint density at radius 1 is 0.611 bits per heavy atom. The summed E-state index contributed by atoms with van der Waals surface area (Å²) < 4.78 is 0. The van der Waals surface area contributed by atoms with Crippen LogP contribution in [0.5, 0.6) is 0 Å². The Hall–Kier alpha value is -0.590. The number of rotatable bonds is 14. The molecule has 0 atom stereocenters. The summed E-state index contributed by atoms with van der Waals surface area (Å²) in [6.07, 6.45) is 22.1. The predicted octanol–water partition coefficient (Wildman–Crippen LogP) is 5.83. The highest BCUT2D eigenvalue weighted by molar-refractivity contribution is 5.48. The number of carbonyl (C=O) groups excluding carboxylic acids is 1. The van der Waals surface area contributed by atoms with Crippen molar-refractivity contribution in [1.29, 1.82) is 0 Å². The summed E-state index contributed by atoms with van der Waals surface area (Å²) in [6, 6.07) is 0. The number of hydrogen-bond donors (Lipinski definition) is 0. The van der Waals surface area contributed by atoms with Gasteiger partial charge in [-0.3, -0.25) is 0 Å². The van der Waals surface area contributed by atoms with Crippen LogP contribution in [0.3, 0.4) is 0 Å². The SMILES string of the molecule is CCCCCCCC/C=C\CCCCCCC=O.